The number of nitrogens with zero attached hydrogens (tertiary/aromatic N) is 2. The number of rotatable bonds is 3. The average Bonchev–Trinajstić information content (AvgIpc) is 2.48. The van der Waals surface area contributed by atoms with E-state index in [1.54, 1.807) is 25.3 Å². The minimum absolute atomic E-state index is 0.130. The number of carbonyl (C=O) groups excluding carboxylic acids is 1. The van der Waals surface area contributed by atoms with Gasteiger partial charge in [-0.25, -0.2) is 13.8 Å². The lowest BCUT2D eigenvalue weighted by Crippen LogP contribution is -2.30. The van der Waals surface area contributed by atoms with Crippen LogP contribution in [0.15, 0.2) is 41.1 Å². The maximum Gasteiger partial charge on any atom is 0.256 e. The monoisotopic (exact) mass is 354 g/mol. The molecule has 2 rings (SSSR count). The highest BCUT2D eigenvalue weighted by molar-refractivity contribution is 9.10. The molecule has 2 aromatic rings. The van der Waals surface area contributed by atoms with Crippen molar-refractivity contribution in [2.24, 2.45) is 0 Å². The highest BCUT2D eigenvalue weighted by Crippen LogP contribution is 2.25. The van der Waals surface area contributed by atoms with Crippen LogP contribution in [-0.4, -0.2) is 22.8 Å². The number of carbonyl (C=O) groups is 1. The van der Waals surface area contributed by atoms with E-state index in [0.29, 0.717) is 10.2 Å². The fraction of sp³-hybridized carbons (Fsp3) is 0.200. The predicted octanol–water partition coefficient (Wildman–Crippen LogP) is 3.96. The molecule has 0 aliphatic carbocycles. The summed E-state index contributed by atoms with van der Waals surface area (Å²) in [5.74, 6) is -1.42. The molecule has 1 aromatic carbocycles. The van der Waals surface area contributed by atoms with Crippen LogP contribution >= 0.6 is 15.9 Å². The summed E-state index contributed by atoms with van der Waals surface area (Å²) in [6.45, 7) is 1.64. The lowest BCUT2D eigenvalue weighted by Gasteiger charge is -2.26. The summed E-state index contributed by atoms with van der Waals surface area (Å²) < 4.78 is 27.5. The highest BCUT2D eigenvalue weighted by atomic mass is 79.9. The van der Waals surface area contributed by atoms with Gasteiger partial charge in [0, 0.05) is 18.8 Å². The second-order valence-corrected chi connectivity index (χ2v) is 5.35. The molecule has 1 aromatic heterocycles. The Labute approximate surface area is 129 Å². The molecule has 1 unspecified atom stereocenters. The van der Waals surface area contributed by atoms with Crippen molar-refractivity contribution in [1.29, 1.82) is 0 Å². The number of benzene rings is 1. The van der Waals surface area contributed by atoms with Crippen LogP contribution in [0.3, 0.4) is 0 Å². The maximum absolute atomic E-state index is 13.8. The second kappa shape index (κ2) is 6.30. The first kappa shape index (κ1) is 15.6. The zero-order chi connectivity index (χ0) is 15.6. The third-order valence-electron chi connectivity index (χ3n) is 3.30. The molecule has 0 aliphatic rings. The van der Waals surface area contributed by atoms with Crippen molar-refractivity contribution in [3.8, 4) is 0 Å². The van der Waals surface area contributed by atoms with Gasteiger partial charge in [0.2, 0.25) is 0 Å². The Balaban J connectivity index is 2.31. The zero-order valence-electron chi connectivity index (χ0n) is 11.5. The van der Waals surface area contributed by atoms with Crippen LogP contribution in [0.4, 0.5) is 8.78 Å². The smallest absolute Gasteiger partial charge is 0.256 e. The quantitative estimate of drug-likeness (QED) is 0.781. The lowest BCUT2D eigenvalue weighted by molar-refractivity contribution is 0.0738. The molecule has 0 spiro atoms. The molecule has 0 fully saturated rings. The first-order chi connectivity index (χ1) is 9.91. The van der Waals surface area contributed by atoms with E-state index in [1.165, 1.54) is 11.9 Å². The van der Waals surface area contributed by atoms with Crippen molar-refractivity contribution in [3.05, 3.63) is 63.9 Å². The van der Waals surface area contributed by atoms with Gasteiger partial charge in [-0.3, -0.25) is 4.79 Å². The molecule has 0 N–H and O–H groups in total. The van der Waals surface area contributed by atoms with E-state index in [4.69, 9.17) is 0 Å². The number of aromatic nitrogens is 1. The van der Waals surface area contributed by atoms with Crippen molar-refractivity contribution in [2.45, 2.75) is 13.0 Å². The second-order valence-electron chi connectivity index (χ2n) is 4.60. The minimum atomic E-state index is -0.611. The molecular weight excluding hydrogens is 342 g/mol. The summed E-state index contributed by atoms with van der Waals surface area (Å²) in [6, 6.07) is 5.84. The Morgan fingerprint density at radius 3 is 2.71 bits per heavy atom. The number of pyridine rings is 1. The molecule has 21 heavy (non-hydrogen) atoms. The Morgan fingerprint density at radius 1 is 1.33 bits per heavy atom. The molecule has 110 valence electrons. The van der Waals surface area contributed by atoms with Gasteiger partial charge < -0.3 is 4.90 Å². The molecule has 0 aliphatic heterocycles. The van der Waals surface area contributed by atoms with Crippen molar-refractivity contribution in [2.75, 3.05) is 7.05 Å². The van der Waals surface area contributed by atoms with Gasteiger partial charge in [0.25, 0.3) is 5.91 Å². The van der Waals surface area contributed by atoms with Crippen LogP contribution in [0.2, 0.25) is 0 Å². The summed E-state index contributed by atoms with van der Waals surface area (Å²) >= 11 is 3.20. The van der Waals surface area contributed by atoms with Crippen molar-refractivity contribution < 1.29 is 13.6 Å². The molecule has 3 nitrogen and oxygen atoms in total. The van der Waals surface area contributed by atoms with E-state index in [2.05, 4.69) is 20.9 Å². The topological polar surface area (TPSA) is 33.2 Å². The Bertz CT molecular complexity index is 678. The van der Waals surface area contributed by atoms with Gasteiger partial charge >= 0.3 is 0 Å². The van der Waals surface area contributed by atoms with Gasteiger partial charge in [0.15, 0.2) is 0 Å². The first-order valence-electron chi connectivity index (χ1n) is 6.24. The normalized spacial score (nSPS) is 12.0. The van der Waals surface area contributed by atoms with E-state index in [0.717, 1.165) is 18.2 Å². The first-order valence-corrected chi connectivity index (χ1v) is 7.03. The molecule has 0 saturated carbocycles. The zero-order valence-corrected chi connectivity index (χ0v) is 13.1. The molecule has 6 heteroatoms. The summed E-state index contributed by atoms with van der Waals surface area (Å²) in [5, 5.41) is 0. The van der Waals surface area contributed by atoms with Crippen LogP contribution in [0.5, 0.6) is 0 Å². The van der Waals surface area contributed by atoms with Gasteiger partial charge in [-0.2, -0.15) is 0 Å². The van der Waals surface area contributed by atoms with Crippen LogP contribution in [0, 0.1) is 11.6 Å². The molecule has 1 atom stereocenters. The van der Waals surface area contributed by atoms with E-state index in [1.807, 2.05) is 0 Å². The third-order valence-corrected chi connectivity index (χ3v) is 3.93. The molecule has 0 radical (unpaired) electrons. The maximum atomic E-state index is 13.8. The van der Waals surface area contributed by atoms with Crippen molar-refractivity contribution in [1.82, 2.24) is 9.88 Å². The van der Waals surface area contributed by atoms with Crippen molar-refractivity contribution in [3.63, 3.8) is 0 Å². The Kier molecular flexibility index (Phi) is 4.67. The SMILES string of the molecule is CC(c1cc(F)ccc1F)N(C)C(=O)c1cccnc1Br. The van der Waals surface area contributed by atoms with Gasteiger partial charge in [0.1, 0.15) is 16.2 Å². The minimum Gasteiger partial charge on any atom is -0.335 e. The fourth-order valence-corrected chi connectivity index (χ4v) is 2.37. The molecule has 0 saturated heterocycles. The van der Waals surface area contributed by atoms with Crippen LogP contribution < -0.4 is 0 Å². The fourth-order valence-electron chi connectivity index (χ4n) is 1.95. The summed E-state index contributed by atoms with van der Waals surface area (Å²) in [4.78, 5) is 17.7. The van der Waals surface area contributed by atoms with Crippen molar-refractivity contribution >= 4 is 21.8 Å². The van der Waals surface area contributed by atoms with Gasteiger partial charge in [-0.1, -0.05) is 0 Å². The Hall–Kier alpha value is -1.82. The number of amides is 1. The van der Waals surface area contributed by atoms with E-state index < -0.39 is 17.7 Å². The van der Waals surface area contributed by atoms with Crippen LogP contribution in [0.25, 0.3) is 0 Å². The predicted molar refractivity (Wildman–Crippen MR) is 78.8 cm³/mol. The molecule has 1 amide bonds. The molecule has 1 heterocycles. The summed E-state index contributed by atoms with van der Waals surface area (Å²) in [6.07, 6.45) is 1.55. The number of halogens is 3. The van der Waals surface area contributed by atoms with Gasteiger partial charge in [-0.15, -0.1) is 0 Å². The van der Waals surface area contributed by atoms with Crippen LogP contribution in [-0.2, 0) is 0 Å². The standard InChI is InChI=1S/C15H13BrF2N2O/c1-9(12-8-10(17)5-6-13(12)18)20(2)15(21)11-4-3-7-19-14(11)16/h3-9H,1-2H3. The van der Waals surface area contributed by atoms with Gasteiger partial charge in [-0.05, 0) is 53.2 Å². The largest absolute Gasteiger partial charge is 0.335 e. The van der Waals surface area contributed by atoms with E-state index in [-0.39, 0.29) is 11.5 Å². The Morgan fingerprint density at radius 2 is 2.05 bits per heavy atom. The van der Waals surface area contributed by atoms with Crippen LogP contribution in [0.1, 0.15) is 28.9 Å². The number of hydrogen-bond donors (Lipinski definition) is 0. The highest BCUT2D eigenvalue weighted by Gasteiger charge is 2.23. The summed E-state index contributed by atoms with van der Waals surface area (Å²) in [5.41, 5.74) is 0.495. The third kappa shape index (κ3) is 3.26. The number of hydrogen-bond acceptors (Lipinski definition) is 2. The lowest BCUT2D eigenvalue weighted by atomic mass is 10.1. The van der Waals surface area contributed by atoms with E-state index >= 15 is 0 Å². The average molecular weight is 355 g/mol. The molecule has 0 bridgehead atoms. The van der Waals surface area contributed by atoms with Gasteiger partial charge in [0.05, 0.1) is 11.6 Å². The van der Waals surface area contributed by atoms with E-state index in [9.17, 15) is 13.6 Å². The summed E-state index contributed by atoms with van der Waals surface area (Å²) in [7, 11) is 1.54. The molecular formula is C15H13BrF2N2O.